The molecule has 1 unspecified atom stereocenters. The number of halogens is 2. The lowest BCUT2D eigenvalue weighted by molar-refractivity contribution is 0.583. The van der Waals surface area contributed by atoms with E-state index in [0.29, 0.717) is 11.1 Å². The monoisotopic (exact) mass is 317 g/mol. The van der Waals surface area contributed by atoms with Crippen LogP contribution in [0.5, 0.6) is 0 Å². The second-order valence-corrected chi connectivity index (χ2v) is 5.58. The first-order chi connectivity index (χ1) is 8.20. The van der Waals surface area contributed by atoms with Crippen LogP contribution in [0.4, 0.5) is 5.82 Å². The Hall–Kier alpha value is -0.320. The van der Waals surface area contributed by atoms with Crippen LogP contribution in [-0.4, -0.2) is 30.7 Å². The van der Waals surface area contributed by atoms with Gasteiger partial charge in [0.05, 0.1) is 9.50 Å². The molecule has 3 nitrogen and oxygen atoms in total. The molecule has 5 heteroatoms. The minimum atomic E-state index is 0.583. The molecule has 0 amide bonds. The second kappa shape index (κ2) is 6.03. The van der Waals surface area contributed by atoms with Gasteiger partial charge in [-0.2, -0.15) is 0 Å². The molecule has 0 radical (unpaired) electrons. The van der Waals surface area contributed by atoms with Gasteiger partial charge in [-0.25, -0.2) is 4.98 Å². The van der Waals surface area contributed by atoms with Crippen molar-refractivity contribution >= 4 is 33.3 Å². The molecule has 1 aromatic heterocycles. The van der Waals surface area contributed by atoms with Gasteiger partial charge in [0, 0.05) is 25.3 Å². The number of rotatable bonds is 4. The molecular weight excluding hydrogens is 302 g/mol. The number of nitrogens with one attached hydrogen (secondary N) is 1. The second-order valence-electron chi connectivity index (χ2n) is 4.29. The molecule has 0 spiro atoms. The molecule has 2 rings (SSSR count). The average molecular weight is 319 g/mol. The predicted molar refractivity (Wildman–Crippen MR) is 75.9 cm³/mol. The van der Waals surface area contributed by atoms with Crippen molar-refractivity contribution in [2.24, 2.45) is 0 Å². The highest BCUT2D eigenvalue weighted by Crippen LogP contribution is 2.27. The van der Waals surface area contributed by atoms with Crippen LogP contribution in [0.1, 0.15) is 19.8 Å². The molecule has 1 aliphatic heterocycles. The van der Waals surface area contributed by atoms with E-state index in [0.717, 1.165) is 29.9 Å². The van der Waals surface area contributed by atoms with Crippen molar-refractivity contribution in [3.8, 4) is 0 Å². The largest absolute Gasteiger partial charge is 0.354 e. The van der Waals surface area contributed by atoms with E-state index in [1.165, 1.54) is 12.8 Å². The van der Waals surface area contributed by atoms with Gasteiger partial charge in [0.25, 0.3) is 0 Å². The Balaban J connectivity index is 2.10. The summed E-state index contributed by atoms with van der Waals surface area (Å²) >= 11 is 9.44. The van der Waals surface area contributed by atoms with E-state index in [9.17, 15) is 0 Å². The molecule has 0 bridgehead atoms. The summed E-state index contributed by atoms with van der Waals surface area (Å²) in [4.78, 5) is 6.69. The number of nitrogens with zero attached hydrogens (tertiary/aromatic N) is 2. The number of aromatic nitrogens is 1. The molecule has 1 aliphatic rings. The van der Waals surface area contributed by atoms with Crippen LogP contribution in [0, 0.1) is 0 Å². The first-order valence-electron chi connectivity index (χ1n) is 6.00. The number of pyridine rings is 1. The van der Waals surface area contributed by atoms with Gasteiger partial charge in [0.15, 0.2) is 0 Å². The fourth-order valence-electron chi connectivity index (χ4n) is 2.18. The van der Waals surface area contributed by atoms with E-state index >= 15 is 0 Å². The lowest BCUT2D eigenvalue weighted by Crippen LogP contribution is -2.38. The summed E-state index contributed by atoms with van der Waals surface area (Å²) in [6.45, 7) is 5.24. The third kappa shape index (κ3) is 3.33. The lowest BCUT2D eigenvalue weighted by Gasteiger charge is -2.26. The van der Waals surface area contributed by atoms with Crippen LogP contribution in [0.3, 0.4) is 0 Å². The van der Waals surface area contributed by atoms with Crippen molar-refractivity contribution in [3.05, 3.63) is 21.8 Å². The molecule has 1 atom stereocenters. The zero-order valence-electron chi connectivity index (χ0n) is 9.92. The maximum Gasteiger partial charge on any atom is 0.143 e. The van der Waals surface area contributed by atoms with Gasteiger partial charge in [-0.05, 0) is 48.3 Å². The van der Waals surface area contributed by atoms with Crippen LogP contribution in [-0.2, 0) is 0 Å². The van der Waals surface area contributed by atoms with Crippen LogP contribution in [0.2, 0.25) is 5.02 Å². The maximum atomic E-state index is 5.91. The van der Waals surface area contributed by atoms with E-state index < -0.39 is 0 Å². The highest BCUT2D eigenvalue weighted by Gasteiger charge is 2.19. The fourth-order valence-corrected chi connectivity index (χ4v) is 3.07. The van der Waals surface area contributed by atoms with Crippen LogP contribution in [0.25, 0.3) is 0 Å². The Labute approximate surface area is 116 Å². The smallest absolute Gasteiger partial charge is 0.143 e. The van der Waals surface area contributed by atoms with E-state index in [4.69, 9.17) is 11.6 Å². The summed E-state index contributed by atoms with van der Waals surface area (Å²) in [7, 11) is 0. The SMILES string of the molecule is CCN(CC1CCCN1)c1ncc(Cl)cc1Br. The molecule has 1 aromatic rings. The maximum absolute atomic E-state index is 5.91. The lowest BCUT2D eigenvalue weighted by atomic mass is 10.2. The van der Waals surface area contributed by atoms with Crippen LogP contribution >= 0.6 is 27.5 Å². The van der Waals surface area contributed by atoms with E-state index in [2.05, 4.69) is 38.1 Å². The third-order valence-corrected chi connectivity index (χ3v) is 3.86. The van der Waals surface area contributed by atoms with Gasteiger partial charge in [-0.1, -0.05) is 11.6 Å². The number of hydrogen-bond acceptors (Lipinski definition) is 3. The fraction of sp³-hybridized carbons (Fsp3) is 0.583. The van der Waals surface area contributed by atoms with Gasteiger partial charge in [0.2, 0.25) is 0 Å². The molecule has 0 saturated carbocycles. The summed E-state index contributed by atoms with van der Waals surface area (Å²) in [5.74, 6) is 0.977. The molecular formula is C12H17BrClN3. The number of hydrogen-bond donors (Lipinski definition) is 1. The molecule has 2 heterocycles. The van der Waals surface area contributed by atoms with Gasteiger partial charge in [0.1, 0.15) is 5.82 Å². The Morgan fingerprint density at radius 2 is 2.47 bits per heavy atom. The highest BCUT2D eigenvalue weighted by atomic mass is 79.9. The van der Waals surface area contributed by atoms with Crippen LogP contribution in [0.15, 0.2) is 16.7 Å². The molecule has 1 fully saturated rings. The van der Waals surface area contributed by atoms with Gasteiger partial charge < -0.3 is 10.2 Å². The van der Waals surface area contributed by atoms with Crippen molar-refractivity contribution in [1.82, 2.24) is 10.3 Å². The first kappa shape index (κ1) is 13.1. The first-order valence-corrected chi connectivity index (χ1v) is 7.17. The van der Waals surface area contributed by atoms with Gasteiger partial charge >= 0.3 is 0 Å². The number of likely N-dealkylation sites (N-methyl/N-ethyl adjacent to an activating group) is 1. The predicted octanol–water partition coefficient (Wildman–Crippen LogP) is 3.08. The van der Waals surface area contributed by atoms with E-state index in [-0.39, 0.29) is 0 Å². The zero-order chi connectivity index (χ0) is 12.3. The molecule has 1 N–H and O–H groups in total. The molecule has 17 heavy (non-hydrogen) atoms. The Morgan fingerprint density at radius 3 is 3.06 bits per heavy atom. The summed E-state index contributed by atoms with van der Waals surface area (Å²) in [6, 6.07) is 2.48. The molecule has 94 valence electrons. The molecule has 0 aromatic carbocycles. The average Bonchev–Trinajstić information content (AvgIpc) is 2.79. The Morgan fingerprint density at radius 1 is 1.65 bits per heavy atom. The van der Waals surface area contributed by atoms with Gasteiger partial charge in [-0.15, -0.1) is 0 Å². The van der Waals surface area contributed by atoms with Crippen molar-refractivity contribution in [2.75, 3.05) is 24.5 Å². The van der Waals surface area contributed by atoms with E-state index in [1.807, 2.05) is 6.07 Å². The summed E-state index contributed by atoms with van der Waals surface area (Å²) in [5.41, 5.74) is 0. The Bertz CT molecular complexity index is 380. The zero-order valence-corrected chi connectivity index (χ0v) is 12.3. The highest BCUT2D eigenvalue weighted by molar-refractivity contribution is 9.10. The third-order valence-electron chi connectivity index (χ3n) is 3.07. The van der Waals surface area contributed by atoms with Crippen molar-refractivity contribution < 1.29 is 0 Å². The summed E-state index contributed by atoms with van der Waals surface area (Å²) in [6.07, 6.45) is 4.23. The standard InChI is InChI=1S/C12H17BrClN3/c1-2-17(8-10-4-3-5-15-10)12-11(13)6-9(14)7-16-12/h6-7,10,15H,2-5,8H2,1H3. The quantitative estimate of drug-likeness (QED) is 0.925. The van der Waals surface area contributed by atoms with Crippen molar-refractivity contribution in [3.63, 3.8) is 0 Å². The Kier molecular flexibility index (Phi) is 4.65. The molecule has 0 aliphatic carbocycles. The normalized spacial score (nSPS) is 19.6. The minimum Gasteiger partial charge on any atom is -0.354 e. The summed E-state index contributed by atoms with van der Waals surface area (Å²) < 4.78 is 0.963. The summed E-state index contributed by atoms with van der Waals surface area (Å²) in [5, 5.41) is 4.17. The molecule has 1 saturated heterocycles. The minimum absolute atomic E-state index is 0.583. The van der Waals surface area contributed by atoms with Crippen molar-refractivity contribution in [1.29, 1.82) is 0 Å². The number of anilines is 1. The van der Waals surface area contributed by atoms with Gasteiger partial charge in [-0.3, -0.25) is 0 Å². The van der Waals surface area contributed by atoms with E-state index in [1.54, 1.807) is 6.20 Å². The van der Waals surface area contributed by atoms with Crippen molar-refractivity contribution in [2.45, 2.75) is 25.8 Å². The topological polar surface area (TPSA) is 28.2 Å². The van der Waals surface area contributed by atoms with Crippen LogP contribution < -0.4 is 10.2 Å².